The van der Waals surface area contributed by atoms with Crippen molar-refractivity contribution < 1.29 is 9.21 Å². The summed E-state index contributed by atoms with van der Waals surface area (Å²) < 4.78 is 7.17. The summed E-state index contributed by atoms with van der Waals surface area (Å²) in [6.07, 6.45) is 1.72. The quantitative estimate of drug-likeness (QED) is 0.495. The number of rotatable bonds is 2. The summed E-state index contributed by atoms with van der Waals surface area (Å²) in [6, 6.07) is 11.2. The highest BCUT2D eigenvalue weighted by Crippen LogP contribution is 2.28. The molecule has 0 atom stereocenters. The summed E-state index contributed by atoms with van der Waals surface area (Å²) in [6.45, 7) is 1.82. The van der Waals surface area contributed by atoms with Gasteiger partial charge in [0, 0.05) is 22.6 Å². The molecule has 3 rings (SSSR count). The van der Waals surface area contributed by atoms with Crippen molar-refractivity contribution in [3.05, 3.63) is 56.0 Å². The number of nitrogens with zero attached hydrogens (tertiary/aromatic N) is 2. The minimum Gasteiger partial charge on any atom is -0.450 e. The zero-order chi connectivity index (χ0) is 15.0. The van der Waals surface area contributed by atoms with Gasteiger partial charge < -0.3 is 4.42 Å². The van der Waals surface area contributed by atoms with E-state index in [0.29, 0.717) is 17.0 Å². The van der Waals surface area contributed by atoms with E-state index in [1.54, 1.807) is 6.08 Å². The molecule has 2 heterocycles. The Kier molecular flexibility index (Phi) is 3.99. The van der Waals surface area contributed by atoms with Crippen LogP contribution in [-0.2, 0) is 4.79 Å². The first kappa shape index (κ1) is 14.5. The number of amides is 1. The van der Waals surface area contributed by atoms with E-state index < -0.39 is 0 Å². The molecule has 1 aliphatic rings. The molecule has 1 amide bonds. The first-order chi connectivity index (χ1) is 10.1. The van der Waals surface area contributed by atoms with E-state index >= 15 is 0 Å². The van der Waals surface area contributed by atoms with Crippen LogP contribution in [0.3, 0.4) is 0 Å². The first-order valence-corrected chi connectivity index (χ1v) is 8.05. The van der Waals surface area contributed by atoms with E-state index in [1.165, 1.54) is 5.01 Å². The Morgan fingerprint density at radius 2 is 2.05 bits per heavy atom. The zero-order valence-electron chi connectivity index (χ0n) is 11.0. The molecule has 0 bridgehead atoms. The first-order valence-electron chi connectivity index (χ1n) is 6.18. The zero-order valence-corrected chi connectivity index (χ0v) is 14.8. The molecule has 0 saturated heterocycles. The van der Waals surface area contributed by atoms with Gasteiger partial charge >= 0.3 is 0 Å². The van der Waals surface area contributed by atoms with Crippen molar-refractivity contribution in [1.82, 2.24) is 0 Å². The summed E-state index contributed by atoms with van der Waals surface area (Å²) in [5.74, 6) is 0.473. The van der Waals surface area contributed by atoms with Crippen LogP contribution in [0.4, 0.5) is 5.69 Å². The van der Waals surface area contributed by atoms with E-state index in [2.05, 4.69) is 43.6 Å². The maximum Gasteiger partial charge on any atom is 0.280 e. The van der Waals surface area contributed by atoms with Crippen LogP contribution in [0.1, 0.15) is 12.7 Å². The van der Waals surface area contributed by atoms with Crippen LogP contribution in [0.5, 0.6) is 0 Å². The predicted molar refractivity (Wildman–Crippen MR) is 94.1 cm³/mol. The van der Waals surface area contributed by atoms with Crippen molar-refractivity contribution in [3.63, 3.8) is 0 Å². The van der Waals surface area contributed by atoms with Gasteiger partial charge in [-0.1, -0.05) is 18.2 Å². The standard InChI is InChI=1S/C15H10BrIN2O2/c1-9-12(7-11-8-13(16)14(17)21-11)15(20)19(18-9)10-5-3-2-4-6-10/h2-8H,1H3/b12-7+. The number of carbonyl (C=O) groups is 1. The van der Waals surface area contributed by atoms with Gasteiger partial charge in [0.2, 0.25) is 0 Å². The van der Waals surface area contributed by atoms with Crippen molar-refractivity contribution in [2.24, 2.45) is 5.10 Å². The maximum absolute atomic E-state index is 12.5. The van der Waals surface area contributed by atoms with Crippen LogP contribution in [0.25, 0.3) is 6.08 Å². The molecule has 1 aromatic carbocycles. The Morgan fingerprint density at radius 3 is 2.67 bits per heavy atom. The second-order valence-corrected chi connectivity index (χ2v) is 6.30. The average Bonchev–Trinajstić information content (AvgIpc) is 2.94. The Labute approximate surface area is 143 Å². The van der Waals surface area contributed by atoms with E-state index in [1.807, 2.05) is 43.3 Å². The van der Waals surface area contributed by atoms with Crippen molar-refractivity contribution in [3.8, 4) is 0 Å². The Balaban J connectivity index is 1.96. The lowest BCUT2D eigenvalue weighted by molar-refractivity contribution is -0.114. The van der Waals surface area contributed by atoms with Gasteiger partial charge in [-0.3, -0.25) is 4.79 Å². The third-order valence-electron chi connectivity index (χ3n) is 3.01. The van der Waals surface area contributed by atoms with Gasteiger partial charge in [0.25, 0.3) is 5.91 Å². The van der Waals surface area contributed by atoms with Crippen LogP contribution in [0.15, 0.2) is 56.0 Å². The highest BCUT2D eigenvalue weighted by molar-refractivity contribution is 14.1. The van der Waals surface area contributed by atoms with Gasteiger partial charge in [0.1, 0.15) is 5.76 Å². The van der Waals surface area contributed by atoms with E-state index in [0.717, 1.165) is 13.9 Å². The minimum absolute atomic E-state index is 0.152. The molecule has 106 valence electrons. The largest absolute Gasteiger partial charge is 0.450 e. The number of para-hydroxylation sites is 1. The fourth-order valence-electron chi connectivity index (χ4n) is 2.01. The third kappa shape index (κ3) is 2.82. The third-order valence-corrected chi connectivity index (χ3v) is 5.15. The number of carbonyl (C=O) groups excluding carboxylic acids is 1. The van der Waals surface area contributed by atoms with Crippen LogP contribution >= 0.6 is 38.5 Å². The lowest BCUT2D eigenvalue weighted by Gasteiger charge is -2.10. The van der Waals surface area contributed by atoms with Gasteiger partial charge in [-0.2, -0.15) is 10.1 Å². The van der Waals surface area contributed by atoms with E-state index in [9.17, 15) is 4.79 Å². The Hall–Kier alpha value is -1.41. The van der Waals surface area contributed by atoms with Gasteiger partial charge in [-0.15, -0.1) is 0 Å². The summed E-state index contributed by atoms with van der Waals surface area (Å²) in [7, 11) is 0. The van der Waals surface area contributed by atoms with Crippen molar-refractivity contribution >= 4 is 61.9 Å². The molecule has 2 aromatic rings. The molecule has 1 aromatic heterocycles. The number of hydrogen-bond acceptors (Lipinski definition) is 3. The van der Waals surface area contributed by atoms with Crippen molar-refractivity contribution in [1.29, 1.82) is 0 Å². The summed E-state index contributed by atoms with van der Waals surface area (Å²) >= 11 is 5.48. The van der Waals surface area contributed by atoms with Crippen molar-refractivity contribution in [2.45, 2.75) is 6.92 Å². The minimum atomic E-state index is -0.152. The van der Waals surface area contributed by atoms with Gasteiger partial charge in [0.05, 0.1) is 21.4 Å². The smallest absolute Gasteiger partial charge is 0.280 e. The second-order valence-electron chi connectivity index (χ2n) is 4.47. The highest BCUT2D eigenvalue weighted by atomic mass is 127. The monoisotopic (exact) mass is 456 g/mol. The van der Waals surface area contributed by atoms with Crippen molar-refractivity contribution in [2.75, 3.05) is 5.01 Å². The average molecular weight is 457 g/mol. The number of anilines is 1. The molecule has 0 unspecified atom stereocenters. The molecular weight excluding hydrogens is 447 g/mol. The second kappa shape index (κ2) is 5.76. The van der Waals surface area contributed by atoms with E-state index in [-0.39, 0.29) is 5.91 Å². The molecule has 1 aliphatic heterocycles. The van der Waals surface area contributed by atoms with Gasteiger partial charge in [-0.25, -0.2) is 0 Å². The predicted octanol–water partition coefficient (Wildman–Crippen LogP) is 4.45. The number of halogens is 2. The van der Waals surface area contributed by atoms with Crippen LogP contribution in [-0.4, -0.2) is 11.6 Å². The summed E-state index contributed by atoms with van der Waals surface area (Å²) in [5.41, 5.74) is 1.96. The number of hydrogen-bond donors (Lipinski definition) is 0. The Morgan fingerprint density at radius 1 is 1.33 bits per heavy atom. The summed E-state index contributed by atoms with van der Waals surface area (Å²) in [4.78, 5) is 12.5. The number of hydrazone groups is 1. The molecule has 0 aliphatic carbocycles. The topological polar surface area (TPSA) is 45.8 Å². The molecule has 0 fully saturated rings. The summed E-state index contributed by atoms with van der Waals surface area (Å²) in [5, 5.41) is 5.73. The fourth-order valence-corrected chi connectivity index (χ4v) is 2.72. The van der Waals surface area contributed by atoms with E-state index in [4.69, 9.17) is 4.42 Å². The van der Waals surface area contributed by atoms with Gasteiger partial charge in [0.15, 0.2) is 3.77 Å². The molecule has 6 heteroatoms. The fraction of sp³-hybridized carbons (Fsp3) is 0.0667. The Bertz CT molecular complexity index is 746. The lowest BCUT2D eigenvalue weighted by atomic mass is 10.1. The molecular formula is C15H10BrIN2O2. The molecule has 0 spiro atoms. The molecule has 0 N–H and O–H groups in total. The lowest BCUT2D eigenvalue weighted by Crippen LogP contribution is -2.21. The molecule has 21 heavy (non-hydrogen) atoms. The number of benzene rings is 1. The maximum atomic E-state index is 12.5. The van der Waals surface area contributed by atoms with Crippen LogP contribution < -0.4 is 5.01 Å². The number of furan rings is 1. The SMILES string of the molecule is CC1=NN(c2ccccc2)C(=O)/C1=C/c1cc(Br)c(I)o1. The molecule has 0 saturated carbocycles. The van der Waals surface area contributed by atoms with Gasteiger partial charge in [-0.05, 0) is 47.1 Å². The molecule has 4 nitrogen and oxygen atoms in total. The highest BCUT2D eigenvalue weighted by Gasteiger charge is 2.28. The van der Waals surface area contributed by atoms with Crippen LogP contribution in [0.2, 0.25) is 0 Å². The van der Waals surface area contributed by atoms with Crippen LogP contribution in [0, 0.1) is 3.77 Å². The normalized spacial score (nSPS) is 16.7. The molecule has 0 radical (unpaired) electrons.